The van der Waals surface area contributed by atoms with Crippen molar-refractivity contribution in [2.75, 3.05) is 31.5 Å². The molecule has 0 bridgehead atoms. The minimum absolute atomic E-state index is 0.231. The van der Waals surface area contributed by atoms with E-state index in [1.165, 1.54) is 12.8 Å². The lowest BCUT2D eigenvalue weighted by Gasteiger charge is -2.37. The smallest absolute Gasteiger partial charge is 0.259 e. The van der Waals surface area contributed by atoms with Crippen LogP contribution in [-0.2, 0) is 13.8 Å². The lowest BCUT2D eigenvalue weighted by molar-refractivity contribution is 0.0577. The van der Waals surface area contributed by atoms with Gasteiger partial charge < -0.3 is 13.8 Å². The lowest BCUT2D eigenvalue weighted by Crippen LogP contribution is -2.36. The van der Waals surface area contributed by atoms with Gasteiger partial charge in [-0.05, 0) is 40.5 Å². The van der Waals surface area contributed by atoms with E-state index in [9.17, 15) is 5.26 Å². The van der Waals surface area contributed by atoms with Gasteiger partial charge in [-0.1, -0.05) is 41.9 Å². The van der Waals surface area contributed by atoms with Crippen LogP contribution in [0.15, 0.2) is 0 Å². The minimum Gasteiger partial charge on any atom is -0.368 e. The maximum atomic E-state index is 9.82. The maximum absolute atomic E-state index is 9.82. The van der Waals surface area contributed by atoms with Crippen LogP contribution in [0.5, 0.6) is 0 Å². The van der Waals surface area contributed by atoms with Crippen molar-refractivity contribution in [1.82, 2.24) is 4.67 Å². The van der Waals surface area contributed by atoms with Gasteiger partial charge in [0.15, 0.2) is 0 Å². The molecule has 0 aromatic carbocycles. The molecule has 0 aliphatic carbocycles. The topological polar surface area (TPSA) is 78.5 Å². The first-order valence-corrected chi connectivity index (χ1v) is 13.9. The Morgan fingerprint density at radius 3 is 2.24 bits per heavy atom. The van der Waals surface area contributed by atoms with Gasteiger partial charge in [0.2, 0.25) is 0 Å². The fraction of sp³-hybridized carbons (Fsp3) is 0.900. The van der Waals surface area contributed by atoms with Gasteiger partial charge in [0.25, 0.3) is 8.53 Å². The Kier molecular flexibility index (Phi) is 17.6. The number of nitrogens with zero attached hydrogens (tertiary/aromatic N) is 3. The Morgan fingerprint density at radius 1 is 1.03 bits per heavy atom. The van der Waals surface area contributed by atoms with Gasteiger partial charge in [-0.3, -0.25) is 0 Å². The van der Waals surface area contributed by atoms with Crippen LogP contribution in [-0.4, -0.2) is 48.3 Å². The van der Waals surface area contributed by atoms with Gasteiger partial charge in [0.1, 0.15) is 11.4 Å². The molecule has 0 N–H and O–H groups in total. The predicted octanol–water partition coefficient (Wildman–Crippen LogP) is 6.35. The molecule has 29 heavy (non-hydrogen) atoms. The summed E-state index contributed by atoms with van der Waals surface area (Å²) in [6.07, 6.45) is 3.36. The molecule has 0 spiro atoms. The van der Waals surface area contributed by atoms with Gasteiger partial charge in [-0.15, -0.1) is 0 Å². The van der Waals surface area contributed by atoms with Crippen LogP contribution < -0.4 is 0 Å². The fourth-order valence-electron chi connectivity index (χ4n) is 2.45. The molecule has 9 heteroatoms. The van der Waals surface area contributed by atoms with Crippen molar-refractivity contribution in [3.8, 4) is 12.1 Å². The Labute approximate surface area is 187 Å². The number of unbranched alkanes of at least 4 members (excludes halogenated alkanes) is 1. The SMILES string of the molecule is CCCCSSCOCC(C#N)(CC)COP(OCCC#N)N(C(C)C)C(C)C. The van der Waals surface area contributed by atoms with E-state index in [0.717, 1.165) is 5.75 Å². The first-order chi connectivity index (χ1) is 13.9. The molecular weight excluding hydrogens is 425 g/mol. The molecule has 0 aromatic heterocycles. The number of rotatable bonds is 18. The van der Waals surface area contributed by atoms with Crippen LogP contribution in [0.3, 0.4) is 0 Å². The molecule has 2 unspecified atom stereocenters. The monoisotopic (exact) mass is 463 g/mol. The van der Waals surface area contributed by atoms with Crippen molar-refractivity contribution in [3.63, 3.8) is 0 Å². The third kappa shape index (κ3) is 12.4. The molecule has 0 radical (unpaired) electrons. The molecule has 0 amide bonds. The summed E-state index contributed by atoms with van der Waals surface area (Å²) >= 11 is 0. The summed E-state index contributed by atoms with van der Waals surface area (Å²) in [7, 11) is 2.15. The lowest BCUT2D eigenvalue weighted by atomic mass is 9.89. The molecule has 0 aliphatic heterocycles. The van der Waals surface area contributed by atoms with Crippen LogP contribution in [0.1, 0.15) is 67.2 Å². The Balaban J connectivity index is 4.84. The summed E-state index contributed by atoms with van der Waals surface area (Å²) in [6.45, 7) is 13.5. The van der Waals surface area contributed by atoms with Crippen molar-refractivity contribution < 1.29 is 13.8 Å². The predicted molar refractivity (Wildman–Crippen MR) is 125 cm³/mol. The van der Waals surface area contributed by atoms with Crippen LogP contribution in [0.4, 0.5) is 0 Å². The highest BCUT2D eigenvalue weighted by Gasteiger charge is 2.34. The highest BCUT2D eigenvalue weighted by molar-refractivity contribution is 8.76. The molecule has 168 valence electrons. The maximum Gasteiger partial charge on any atom is 0.259 e. The third-order valence-corrected chi connectivity index (χ3v) is 8.43. The van der Waals surface area contributed by atoms with Crippen molar-refractivity contribution in [2.45, 2.75) is 79.3 Å². The molecule has 0 aliphatic rings. The molecule has 0 aromatic rings. The zero-order chi connectivity index (χ0) is 22.1. The number of ether oxygens (including phenoxy) is 1. The van der Waals surface area contributed by atoms with Crippen LogP contribution in [0, 0.1) is 28.1 Å². The normalized spacial score (nSPS) is 14.7. The summed E-state index contributed by atoms with van der Waals surface area (Å²) in [5.74, 6) is 1.69. The van der Waals surface area contributed by atoms with Crippen LogP contribution in [0.25, 0.3) is 0 Å². The molecular formula is C20H38N3O3PS2. The highest BCUT2D eigenvalue weighted by Crippen LogP contribution is 2.47. The van der Waals surface area contributed by atoms with E-state index in [1.807, 2.05) is 17.7 Å². The van der Waals surface area contributed by atoms with Gasteiger partial charge in [0.05, 0.1) is 38.4 Å². The number of hydrogen-bond donors (Lipinski definition) is 0. The van der Waals surface area contributed by atoms with Gasteiger partial charge >= 0.3 is 0 Å². The van der Waals surface area contributed by atoms with Crippen molar-refractivity contribution in [1.29, 1.82) is 10.5 Å². The first kappa shape index (κ1) is 28.9. The third-order valence-electron chi connectivity index (χ3n) is 4.20. The average Bonchev–Trinajstić information content (AvgIpc) is 2.69. The zero-order valence-electron chi connectivity index (χ0n) is 18.8. The van der Waals surface area contributed by atoms with E-state index in [0.29, 0.717) is 32.0 Å². The molecule has 2 atom stereocenters. The van der Waals surface area contributed by atoms with E-state index in [2.05, 4.69) is 51.4 Å². The Hall–Kier alpha value is -0.0500. The quantitative estimate of drug-likeness (QED) is 0.101. The van der Waals surface area contributed by atoms with E-state index < -0.39 is 13.9 Å². The second kappa shape index (κ2) is 17.6. The zero-order valence-corrected chi connectivity index (χ0v) is 21.4. The molecule has 6 nitrogen and oxygen atoms in total. The Bertz CT molecular complexity index is 492. The van der Waals surface area contributed by atoms with Crippen molar-refractivity contribution >= 4 is 30.1 Å². The average molecular weight is 464 g/mol. The molecule has 0 saturated heterocycles. The van der Waals surface area contributed by atoms with E-state index in [-0.39, 0.29) is 18.7 Å². The van der Waals surface area contributed by atoms with E-state index in [4.69, 9.17) is 19.0 Å². The summed E-state index contributed by atoms with van der Waals surface area (Å²) in [4.78, 5) is 0. The molecule has 0 rings (SSSR count). The fourth-order valence-corrected chi connectivity index (χ4v) is 6.01. The highest BCUT2D eigenvalue weighted by atomic mass is 33.1. The minimum atomic E-state index is -1.35. The van der Waals surface area contributed by atoms with Crippen LogP contribution in [0.2, 0.25) is 0 Å². The summed E-state index contributed by atoms with van der Waals surface area (Å²) in [6, 6.07) is 4.98. The number of hydrogen-bond acceptors (Lipinski definition) is 8. The first-order valence-electron chi connectivity index (χ1n) is 10.3. The summed E-state index contributed by atoms with van der Waals surface area (Å²) < 4.78 is 20.1. The summed E-state index contributed by atoms with van der Waals surface area (Å²) in [5.41, 5.74) is -0.701. The Morgan fingerprint density at radius 2 is 1.72 bits per heavy atom. The summed E-state index contributed by atoms with van der Waals surface area (Å²) in [5, 5.41) is 18.6. The van der Waals surface area contributed by atoms with Crippen LogP contribution >= 0.6 is 30.1 Å². The van der Waals surface area contributed by atoms with Gasteiger partial charge in [-0.2, -0.15) is 10.5 Å². The second-order valence-electron chi connectivity index (χ2n) is 7.33. The largest absolute Gasteiger partial charge is 0.368 e. The standard InChI is InChI=1S/C20H38N3O3PS2/c1-7-9-13-28-29-17-24-15-20(8-2,14-22)16-26-27(25-12-10-11-21)23(18(3)4)19(5)6/h18-19H,7-10,12-13,15-17H2,1-6H3. The van der Waals surface area contributed by atoms with E-state index >= 15 is 0 Å². The van der Waals surface area contributed by atoms with Gasteiger partial charge in [0, 0.05) is 17.8 Å². The second-order valence-corrected chi connectivity index (χ2v) is 11.3. The van der Waals surface area contributed by atoms with Crippen molar-refractivity contribution in [2.24, 2.45) is 5.41 Å². The van der Waals surface area contributed by atoms with Gasteiger partial charge in [-0.25, -0.2) is 4.67 Å². The number of nitriles is 2. The molecule has 0 heterocycles. The molecule has 0 fully saturated rings. The van der Waals surface area contributed by atoms with Crippen molar-refractivity contribution in [3.05, 3.63) is 0 Å². The molecule has 0 saturated carbocycles. The van der Waals surface area contributed by atoms with E-state index in [1.54, 1.807) is 10.8 Å².